The summed E-state index contributed by atoms with van der Waals surface area (Å²) in [6.45, 7) is 0. The van der Waals surface area contributed by atoms with Gasteiger partial charge in [-0.1, -0.05) is 57.9 Å². The van der Waals surface area contributed by atoms with E-state index >= 15 is 0 Å². The molecule has 0 radical (unpaired) electrons. The molecule has 0 saturated heterocycles. The first-order chi connectivity index (χ1) is 9.18. The Labute approximate surface area is 134 Å². The van der Waals surface area contributed by atoms with Gasteiger partial charge in [0.25, 0.3) is 0 Å². The molecule has 19 heavy (non-hydrogen) atoms. The maximum Gasteiger partial charge on any atom is 0.0948 e. The Balaban J connectivity index is 2.21. The SMILES string of the molecule is Clc1ccsc1C(Cl)c1ccc(Br)c2ccccc12. The van der Waals surface area contributed by atoms with Gasteiger partial charge in [0, 0.05) is 9.35 Å². The molecule has 0 nitrogen and oxygen atoms in total. The Morgan fingerprint density at radius 3 is 2.42 bits per heavy atom. The average Bonchev–Trinajstić information content (AvgIpc) is 2.85. The van der Waals surface area contributed by atoms with Crippen molar-refractivity contribution in [2.45, 2.75) is 5.38 Å². The molecule has 1 atom stereocenters. The van der Waals surface area contributed by atoms with Gasteiger partial charge in [-0.3, -0.25) is 0 Å². The maximum atomic E-state index is 6.62. The molecule has 0 aliphatic carbocycles. The Kier molecular flexibility index (Phi) is 3.86. The Morgan fingerprint density at radius 2 is 1.74 bits per heavy atom. The first-order valence-electron chi connectivity index (χ1n) is 5.72. The molecule has 2 aromatic carbocycles. The monoisotopic (exact) mass is 370 g/mol. The quantitative estimate of drug-likeness (QED) is 0.442. The highest BCUT2D eigenvalue weighted by Crippen LogP contribution is 2.41. The van der Waals surface area contributed by atoms with Crippen LogP contribution in [-0.2, 0) is 0 Å². The zero-order valence-electron chi connectivity index (χ0n) is 9.74. The summed E-state index contributed by atoms with van der Waals surface area (Å²) in [6, 6.07) is 14.2. The van der Waals surface area contributed by atoms with Crippen LogP contribution in [0.3, 0.4) is 0 Å². The van der Waals surface area contributed by atoms with Crippen LogP contribution in [0.25, 0.3) is 10.8 Å². The summed E-state index contributed by atoms with van der Waals surface area (Å²) in [7, 11) is 0. The summed E-state index contributed by atoms with van der Waals surface area (Å²) >= 11 is 18.0. The Morgan fingerprint density at radius 1 is 1.00 bits per heavy atom. The lowest BCUT2D eigenvalue weighted by molar-refractivity contribution is 1.21. The van der Waals surface area contributed by atoms with Crippen LogP contribution < -0.4 is 0 Å². The Bertz CT molecular complexity index is 736. The minimum atomic E-state index is -0.217. The van der Waals surface area contributed by atoms with Gasteiger partial charge in [0.1, 0.15) is 0 Å². The molecule has 0 aliphatic rings. The molecule has 0 bridgehead atoms. The molecule has 1 heterocycles. The largest absolute Gasteiger partial charge is 0.145 e. The van der Waals surface area contributed by atoms with Gasteiger partial charge in [0.05, 0.1) is 10.4 Å². The van der Waals surface area contributed by atoms with Crippen LogP contribution in [0.15, 0.2) is 52.3 Å². The molecule has 0 aliphatic heterocycles. The van der Waals surface area contributed by atoms with Crippen molar-refractivity contribution in [1.82, 2.24) is 0 Å². The van der Waals surface area contributed by atoms with Gasteiger partial charge in [-0.15, -0.1) is 22.9 Å². The van der Waals surface area contributed by atoms with Crippen LogP contribution >= 0.6 is 50.5 Å². The second-order valence-electron chi connectivity index (χ2n) is 4.18. The molecule has 1 aromatic heterocycles. The first-order valence-corrected chi connectivity index (χ1v) is 8.21. The van der Waals surface area contributed by atoms with E-state index in [1.165, 1.54) is 5.39 Å². The number of hydrogen-bond donors (Lipinski definition) is 0. The maximum absolute atomic E-state index is 6.62. The van der Waals surface area contributed by atoms with Crippen molar-refractivity contribution in [2.75, 3.05) is 0 Å². The predicted molar refractivity (Wildman–Crippen MR) is 88.7 cm³/mol. The lowest BCUT2D eigenvalue weighted by Crippen LogP contribution is -1.93. The lowest BCUT2D eigenvalue weighted by Gasteiger charge is -2.13. The molecule has 0 N–H and O–H groups in total. The molecular weight excluding hydrogens is 363 g/mol. The molecule has 0 amide bonds. The molecule has 0 spiro atoms. The fraction of sp³-hybridized carbons (Fsp3) is 0.0667. The third-order valence-corrected chi connectivity index (χ3v) is 5.75. The van der Waals surface area contributed by atoms with E-state index in [-0.39, 0.29) is 5.38 Å². The van der Waals surface area contributed by atoms with Crippen molar-refractivity contribution in [3.05, 3.63) is 67.8 Å². The highest BCUT2D eigenvalue weighted by Gasteiger charge is 2.18. The van der Waals surface area contributed by atoms with Crippen LogP contribution in [0.4, 0.5) is 0 Å². The summed E-state index contributed by atoms with van der Waals surface area (Å²) in [5.41, 5.74) is 1.09. The number of alkyl halides is 1. The highest BCUT2D eigenvalue weighted by molar-refractivity contribution is 9.10. The fourth-order valence-electron chi connectivity index (χ4n) is 2.13. The van der Waals surface area contributed by atoms with Crippen LogP contribution in [0.5, 0.6) is 0 Å². The van der Waals surface area contributed by atoms with Crippen molar-refractivity contribution in [3.63, 3.8) is 0 Å². The summed E-state index contributed by atoms with van der Waals surface area (Å²) in [5.74, 6) is 0. The summed E-state index contributed by atoms with van der Waals surface area (Å²) < 4.78 is 1.08. The zero-order chi connectivity index (χ0) is 13.4. The van der Waals surface area contributed by atoms with Crippen molar-refractivity contribution < 1.29 is 0 Å². The molecule has 4 heteroatoms. The lowest BCUT2D eigenvalue weighted by atomic mass is 10.0. The standard InChI is InChI=1S/C15H9BrCl2S/c16-12-6-5-11(9-3-1-2-4-10(9)12)14(18)15-13(17)7-8-19-15/h1-8,14H. The van der Waals surface area contributed by atoms with Gasteiger partial charge in [0.2, 0.25) is 0 Å². The molecular formula is C15H9BrCl2S. The molecule has 3 rings (SSSR count). The van der Waals surface area contributed by atoms with E-state index in [9.17, 15) is 0 Å². The number of fused-ring (bicyclic) bond motifs is 1. The Hall–Kier alpha value is -0.540. The topological polar surface area (TPSA) is 0 Å². The van der Waals surface area contributed by atoms with E-state index in [2.05, 4.69) is 34.1 Å². The van der Waals surface area contributed by atoms with E-state index in [1.807, 2.05) is 29.6 Å². The minimum absolute atomic E-state index is 0.217. The van der Waals surface area contributed by atoms with E-state index in [0.29, 0.717) is 0 Å². The van der Waals surface area contributed by atoms with E-state index in [4.69, 9.17) is 23.2 Å². The molecule has 0 fully saturated rings. The number of thiophene rings is 1. The molecule has 0 saturated carbocycles. The fourth-order valence-corrected chi connectivity index (χ4v) is 4.29. The van der Waals surface area contributed by atoms with E-state index in [1.54, 1.807) is 11.3 Å². The minimum Gasteiger partial charge on any atom is -0.145 e. The van der Waals surface area contributed by atoms with Gasteiger partial charge < -0.3 is 0 Å². The second-order valence-corrected chi connectivity index (χ2v) is 6.82. The summed E-state index contributed by atoms with van der Waals surface area (Å²) in [4.78, 5) is 0.996. The van der Waals surface area contributed by atoms with Gasteiger partial charge in [-0.25, -0.2) is 0 Å². The third kappa shape index (κ3) is 2.43. The predicted octanol–water partition coefficient (Wildman–Crippen LogP) is 6.65. The summed E-state index contributed by atoms with van der Waals surface area (Å²) in [5, 5.41) is 4.80. The third-order valence-electron chi connectivity index (χ3n) is 3.05. The first kappa shape index (κ1) is 13.4. The second kappa shape index (κ2) is 5.45. The van der Waals surface area contributed by atoms with Crippen molar-refractivity contribution in [2.24, 2.45) is 0 Å². The van der Waals surface area contributed by atoms with E-state index in [0.717, 1.165) is 25.3 Å². The van der Waals surface area contributed by atoms with Crippen LogP contribution in [0.1, 0.15) is 15.8 Å². The van der Waals surface area contributed by atoms with Gasteiger partial charge in [-0.05, 0) is 33.8 Å². The van der Waals surface area contributed by atoms with Crippen molar-refractivity contribution >= 4 is 61.2 Å². The van der Waals surface area contributed by atoms with Gasteiger partial charge in [0.15, 0.2) is 0 Å². The number of halogens is 3. The van der Waals surface area contributed by atoms with E-state index < -0.39 is 0 Å². The van der Waals surface area contributed by atoms with Crippen LogP contribution in [0, 0.1) is 0 Å². The van der Waals surface area contributed by atoms with Crippen LogP contribution in [-0.4, -0.2) is 0 Å². The smallest absolute Gasteiger partial charge is 0.0948 e. The molecule has 1 unspecified atom stereocenters. The van der Waals surface area contributed by atoms with Gasteiger partial charge in [-0.2, -0.15) is 0 Å². The van der Waals surface area contributed by atoms with Gasteiger partial charge >= 0.3 is 0 Å². The molecule has 96 valence electrons. The van der Waals surface area contributed by atoms with Crippen molar-refractivity contribution in [3.8, 4) is 0 Å². The average molecular weight is 372 g/mol. The number of hydrogen-bond acceptors (Lipinski definition) is 1. The normalized spacial score (nSPS) is 12.8. The zero-order valence-corrected chi connectivity index (χ0v) is 13.7. The van der Waals surface area contributed by atoms with Crippen molar-refractivity contribution in [1.29, 1.82) is 0 Å². The number of benzene rings is 2. The highest BCUT2D eigenvalue weighted by atomic mass is 79.9. The molecule has 3 aromatic rings. The number of rotatable bonds is 2. The van der Waals surface area contributed by atoms with Crippen LogP contribution in [0.2, 0.25) is 5.02 Å². The summed E-state index contributed by atoms with van der Waals surface area (Å²) in [6.07, 6.45) is 0.